The first-order valence-electron chi connectivity index (χ1n) is 5.53. The van der Waals surface area contributed by atoms with Crippen molar-refractivity contribution in [2.75, 3.05) is 18.5 Å². The number of rotatable bonds is 6. The summed E-state index contributed by atoms with van der Waals surface area (Å²) in [5.74, 6) is 0.246. The van der Waals surface area contributed by atoms with Gasteiger partial charge < -0.3 is 10.1 Å². The smallest absolute Gasteiger partial charge is 0.312 e. The van der Waals surface area contributed by atoms with E-state index in [1.54, 1.807) is 0 Å². The zero-order valence-corrected chi connectivity index (χ0v) is 12.2. The SMILES string of the molecule is CCOC(C)(C)CNc1ncc(Br)cc1[N+](=O)[O-]. The molecule has 1 heterocycles. The molecule has 1 N–H and O–H groups in total. The Labute approximate surface area is 114 Å². The highest BCUT2D eigenvalue weighted by molar-refractivity contribution is 9.10. The molecule has 0 radical (unpaired) electrons. The van der Waals surface area contributed by atoms with E-state index in [4.69, 9.17) is 4.74 Å². The monoisotopic (exact) mass is 317 g/mol. The maximum Gasteiger partial charge on any atom is 0.312 e. The third-order valence-corrected chi connectivity index (χ3v) is 2.68. The van der Waals surface area contributed by atoms with Gasteiger partial charge in [0.2, 0.25) is 5.82 Å². The number of hydrogen-bond donors (Lipinski definition) is 1. The lowest BCUT2D eigenvalue weighted by molar-refractivity contribution is -0.384. The summed E-state index contributed by atoms with van der Waals surface area (Å²) in [7, 11) is 0. The molecule has 0 spiro atoms. The molecule has 0 aliphatic rings. The largest absolute Gasteiger partial charge is 0.374 e. The Kier molecular flexibility index (Phi) is 5.03. The van der Waals surface area contributed by atoms with Crippen LogP contribution in [0.3, 0.4) is 0 Å². The van der Waals surface area contributed by atoms with Crippen LogP contribution in [0, 0.1) is 10.1 Å². The maximum atomic E-state index is 10.9. The molecule has 0 aromatic carbocycles. The number of aromatic nitrogens is 1. The van der Waals surface area contributed by atoms with Gasteiger partial charge in [-0.15, -0.1) is 0 Å². The number of pyridine rings is 1. The molecule has 1 aromatic heterocycles. The summed E-state index contributed by atoms with van der Waals surface area (Å²) >= 11 is 3.16. The van der Waals surface area contributed by atoms with Crippen molar-refractivity contribution in [3.8, 4) is 0 Å². The van der Waals surface area contributed by atoms with Gasteiger partial charge in [-0.2, -0.15) is 0 Å². The van der Waals surface area contributed by atoms with Gasteiger partial charge in [-0.05, 0) is 36.7 Å². The average molecular weight is 318 g/mol. The number of nitrogens with zero attached hydrogens (tertiary/aromatic N) is 2. The van der Waals surface area contributed by atoms with E-state index in [-0.39, 0.29) is 11.5 Å². The molecule has 0 unspecified atom stereocenters. The van der Waals surface area contributed by atoms with Crippen LogP contribution in [0.5, 0.6) is 0 Å². The molecule has 0 atom stereocenters. The van der Waals surface area contributed by atoms with Crippen LogP contribution in [-0.4, -0.2) is 28.7 Å². The van der Waals surface area contributed by atoms with Crippen molar-refractivity contribution in [2.45, 2.75) is 26.4 Å². The van der Waals surface area contributed by atoms with Crippen molar-refractivity contribution in [3.05, 3.63) is 26.9 Å². The van der Waals surface area contributed by atoms with E-state index in [1.165, 1.54) is 12.3 Å². The fraction of sp³-hybridized carbons (Fsp3) is 0.545. The highest BCUT2D eigenvalue weighted by Crippen LogP contribution is 2.25. The normalized spacial score (nSPS) is 11.3. The summed E-state index contributed by atoms with van der Waals surface area (Å²) in [5, 5.41) is 13.8. The minimum Gasteiger partial charge on any atom is -0.374 e. The number of nitrogens with one attached hydrogen (secondary N) is 1. The Hall–Kier alpha value is -1.21. The lowest BCUT2D eigenvalue weighted by Crippen LogP contribution is -2.33. The molecule has 0 aliphatic heterocycles. The second-order valence-electron chi connectivity index (χ2n) is 4.32. The first-order chi connectivity index (χ1) is 8.35. The molecule has 100 valence electrons. The van der Waals surface area contributed by atoms with Crippen molar-refractivity contribution < 1.29 is 9.66 Å². The minimum absolute atomic E-state index is 0.0586. The van der Waals surface area contributed by atoms with E-state index < -0.39 is 10.5 Å². The van der Waals surface area contributed by atoms with Gasteiger partial charge in [0.25, 0.3) is 0 Å². The van der Waals surface area contributed by atoms with Crippen LogP contribution in [0.25, 0.3) is 0 Å². The summed E-state index contributed by atoms with van der Waals surface area (Å²) in [5.41, 5.74) is -0.464. The van der Waals surface area contributed by atoms with E-state index in [0.29, 0.717) is 17.6 Å². The van der Waals surface area contributed by atoms with Gasteiger partial charge in [-0.1, -0.05) is 0 Å². The molecule has 6 nitrogen and oxygen atoms in total. The van der Waals surface area contributed by atoms with Gasteiger partial charge in [0.15, 0.2) is 0 Å². The molecule has 18 heavy (non-hydrogen) atoms. The van der Waals surface area contributed by atoms with Gasteiger partial charge in [-0.3, -0.25) is 10.1 Å². The van der Waals surface area contributed by atoms with Gasteiger partial charge >= 0.3 is 5.69 Å². The average Bonchev–Trinajstić information content (AvgIpc) is 2.27. The van der Waals surface area contributed by atoms with Crippen molar-refractivity contribution in [3.63, 3.8) is 0 Å². The fourth-order valence-electron chi connectivity index (χ4n) is 1.44. The molecule has 0 saturated carbocycles. The lowest BCUT2D eigenvalue weighted by Gasteiger charge is -2.25. The van der Waals surface area contributed by atoms with Crippen LogP contribution in [0.15, 0.2) is 16.7 Å². The minimum atomic E-state index is -0.465. The molecular formula is C11H16BrN3O3. The lowest BCUT2D eigenvalue weighted by atomic mass is 10.1. The number of ether oxygens (including phenoxy) is 1. The van der Waals surface area contributed by atoms with Crippen LogP contribution < -0.4 is 5.32 Å². The van der Waals surface area contributed by atoms with Crippen LogP contribution >= 0.6 is 15.9 Å². The number of nitro groups is 1. The zero-order valence-electron chi connectivity index (χ0n) is 10.6. The number of hydrogen-bond acceptors (Lipinski definition) is 5. The van der Waals surface area contributed by atoms with Crippen molar-refractivity contribution >= 4 is 27.4 Å². The first-order valence-corrected chi connectivity index (χ1v) is 6.33. The van der Waals surface area contributed by atoms with Crippen LogP contribution in [-0.2, 0) is 4.74 Å². The molecule has 1 rings (SSSR count). The van der Waals surface area contributed by atoms with E-state index in [9.17, 15) is 10.1 Å². The van der Waals surface area contributed by atoms with E-state index in [2.05, 4.69) is 26.2 Å². The summed E-state index contributed by atoms with van der Waals surface area (Å²) in [6.45, 7) is 6.76. The van der Waals surface area contributed by atoms with Gasteiger partial charge in [0.05, 0.1) is 10.5 Å². The summed E-state index contributed by atoms with van der Waals surface area (Å²) in [4.78, 5) is 14.4. The summed E-state index contributed by atoms with van der Waals surface area (Å²) < 4.78 is 6.08. The molecule has 0 saturated heterocycles. The standard InChI is InChI=1S/C11H16BrN3O3/c1-4-18-11(2,3)7-14-10-9(15(16)17)5-8(12)6-13-10/h5-6H,4,7H2,1-3H3,(H,13,14). The van der Waals surface area contributed by atoms with Gasteiger partial charge in [-0.25, -0.2) is 4.98 Å². The van der Waals surface area contributed by atoms with Gasteiger partial charge in [0, 0.05) is 29.9 Å². The Morgan fingerprint density at radius 3 is 2.83 bits per heavy atom. The molecular weight excluding hydrogens is 302 g/mol. The molecule has 0 bridgehead atoms. The predicted octanol–water partition coefficient (Wildman–Crippen LogP) is 2.98. The molecule has 7 heteroatoms. The van der Waals surface area contributed by atoms with Crippen LogP contribution in [0.4, 0.5) is 11.5 Å². The van der Waals surface area contributed by atoms with E-state index in [0.717, 1.165) is 0 Å². The number of anilines is 1. The fourth-order valence-corrected chi connectivity index (χ4v) is 1.76. The van der Waals surface area contributed by atoms with Crippen molar-refractivity contribution in [1.82, 2.24) is 4.98 Å². The summed E-state index contributed by atoms with van der Waals surface area (Å²) in [6, 6.07) is 1.42. The van der Waals surface area contributed by atoms with Gasteiger partial charge in [0.1, 0.15) is 0 Å². The Balaban J connectivity index is 2.82. The first kappa shape index (κ1) is 14.8. The predicted molar refractivity (Wildman–Crippen MR) is 72.8 cm³/mol. The van der Waals surface area contributed by atoms with Crippen LogP contribution in [0.1, 0.15) is 20.8 Å². The van der Waals surface area contributed by atoms with Crippen molar-refractivity contribution in [2.24, 2.45) is 0 Å². The van der Waals surface area contributed by atoms with Crippen molar-refractivity contribution in [1.29, 1.82) is 0 Å². The quantitative estimate of drug-likeness (QED) is 0.644. The van der Waals surface area contributed by atoms with Crippen LogP contribution in [0.2, 0.25) is 0 Å². The third-order valence-electron chi connectivity index (χ3n) is 2.25. The highest BCUT2D eigenvalue weighted by atomic mass is 79.9. The maximum absolute atomic E-state index is 10.9. The Morgan fingerprint density at radius 1 is 1.61 bits per heavy atom. The topological polar surface area (TPSA) is 77.3 Å². The zero-order chi connectivity index (χ0) is 13.8. The molecule has 0 fully saturated rings. The highest BCUT2D eigenvalue weighted by Gasteiger charge is 2.21. The van der Waals surface area contributed by atoms with E-state index >= 15 is 0 Å². The molecule has 1 aromatic rings. The Morgan fingerprint density at radius 2 is 2.28 bits per heavy atom. The third kappa shape index (κ3) is 4.23. The molecule has 0 amide bonds. The second kappa shape index (κ2) is 6.10. The summed E-state index contributed by atoms with van der Waals surface area (Å²) in [6.07, 6.45) is 1.52. The number of halogens is 1. The molecule has 0 aliphatic carbocycles. The van der Waals surface area contributed by atoms with E-state index in [1.807, 2.05) is 20.8 Å². The Bertz CT molecular complexity index is 438. The second-order valence-corrected chi connectivity index (χ2v) is 5.24.